The number of imidazole rings is 1. The van der Waals surface area contributed by atoms with Crippen molar-refractivity contribution in [1.29, 1.82) is 0 Å². The van der Waals surface area contributed by atoms with E-state index >= 15 is 0 Å². The predicted octanol–water partition coefficient (Wildman–Crippen LogP) is 4.01. The number of nitrogens with two attached hydrogens (primary N) is 1. The number of aromatic nitrogens is 2. The van der Waals surface area contributed by atoms with Gasteiger partial charge in [-0.3, -0.25) is 9.13 Å². The van der Waals surface area contributed by atoms with Gasteiger partial charge in [-0.15, -0.1) is 0 Å². The van der Waals surface area contributed by atoms with Gasteiger partial charge in [0.2, 0.25) is 0 Å². The van der Waals surface area contributed by atoms with Crippen LogP contribution in [0.3, 0.4) is 0 Å². The molecule has 1 aliphatic carbocycles. The van der Waals surface area contributed by atoms with Crippen molar-refractivity contribution in [3.8, 4) is 0 Å². The van der Waals surface area contributed by atoms with Crippen LogP contribution in [-0.4, -0.2) is 40.2 Å². The maximum Gasteiger partial charge on any atom is 0.329 e. The molecule has 29 heavy (non-hydrogen) atoms. The van der Waals surface area contributed by atoms with Crippen LogP contribution in [0.2, 0.25) is 0 Å². The molecule has 0 unspecified atom stereocenters. The summed E-state index contributed by atoms with van der Waals surface area (Å²) in [6.45, 7) is 6.72. The molecule has 2 N–H and O–H groups in total. The van der Waals surface area contributed by atoms with Crippen molar-refractivity contribution in [2.45, 2.75) is 70.9 Å². The third-order valence-corrected chi connectivity index (χ3v) is 7.34. The van der Waals surface area contributed by atoms with Gasteiger partial charge in [-0.2, -0.15) is 0 Å². The van der Waals surface area contributed by atoms with Crippen LogP contribution in [0.5, 0.6) is 0 Å². The summed E-state index contributed by atoms with van der Waals surface area (Å²) < 4.78 is 3.97. The Morgan fingerprint density at radius 2 is 1.69 bits per heavy atom. The Balaban J connectivity index is 1.52. The summed E-state index contributed by atoms with van der Waals surface area (Å²) in [7, 11) is 0. The van der Waals surface area contributed by atoms with Gasteiger partial charge in [-0.25, -0.2) is 4.79 Å². The maximum absolute atomic E-state index is 13.2. The Morgan fingerprint density at radius 3 is 2.38 bits per heavy atom. The lowest BCUT2D eigenvalue weighted by molar-refractivity contribution is 0.105. The monoisotopic (exact) mass is 398 g/mol. The molecule has 1 aromatic heterocycles. The van der Waals surface area contributed by atoms with Crippen LogP contribution in [0.1, 0.15) is 64.3 Å². The van der Waals surface area contributed by atoms with Crippen LogP contribution in [-0.2, 0) is 6.54 Å². The normalized spacial score (nSPS) is 25.2. The van der Waals surface area contributed by atoms with E-state index in [0.29, 0.717) is 19.0 Å². The number of hydrogen-bond donors (Lipinski definition) is 1. The van der Waals surface area contributed by atoms with Crippen LogP contribution in [0.25, 0.3) is 11.0 Å². The van der Waals surface area contributed by atoms with Crippen molar-refractivity contribution in [2.24, 2.45) is 17.6 Å². The minimum atomic E-state index is 0.130. The highest BCUT2D eigenvalue weighted by Crippen LogP contribution is 2.31. The summed E-state index contributed by atoms with van der Waals surface area (Å²) in [5, 5.41) is 0. The van der Waals surface area contributed by atoms with E-state index in [1.54, 1.807) is 0 Å². The van der Waals surface area contributed by atoms with Crippen LogP contribution in [0, 0.1) is 11.8 Å². The lowest BCUT2D eigenvalue weighted by atomic mass is 9.88. The maximum atomic E-state index is 13.2. The van der Waals surface area contributed by atoms with E-state index in [1.807, 2.05) is 16.7 Å². The molecular formula is C24H38N4O. The van der Waals surface area contributed by atoms with Crippen LogP contribution in [0.15, 0.2) is 29.1 Å². The SMILES string of the molecule is CCn1c(=O)n([C@H]2CCN(CC3CCCCCCC3)C[C@@H]2CN)c2ccccc21. The molecule has 2 aromatic rings. The average Bonchev–Trinajstić information content (AvgIpc) is 3.00. The first-order chi connectivity index (χ1) is 14.2. The van der Waals surface area contributed by atoms with Gasteiger partial charge in [0, 0.05) is 38.1 Å². The van der Waals surface area contributed by atoms with E-state index in [-0.39, 0.29) is 11.7 Å². The highest BCUT2D eigenvalue weighted by Gasteiger charge is 2.33. The zero-order chi connectivity index (χ0) is 20.2. The first-order valence-corrected chi connectivity index (χ1v) is 11.8. The van der Waals surface area contributed by atoms with Crippen molar-refractivity contribution in [1.82, 2.24) is 14.0 Å². The van der Waals surface area contributed by atoms with Gasteiger partial charge in [0.1, 0.15) is 0 Å². The van der Waals surface area contributed by atoms with Gasteiger partial charge in [0.25, 0.3) is 0 Å². The summed E-state index contributed by atoms with van der Waals surface area (Å²) >= 11 is 0. The molecule has 2 fully saturated rings. The van der Waals surface area contributed by atoms with E-state index in [1.165, 1.54) is 51.5 Å². The van der Waals surface area contributed by atoms with Crippen molar-refractivity contribution in [3.63, 3.8) is 0 Å². The predicted molar refractivity (Wildman–Crippen MR) is 120 cm³/mol. The summed E-state index contributed by atoms with van der Waals surface area (Å²) in [5.74, 6) is 1.18. The third kappa shape index (κ3) is 4.31. The molecule has 160 valence electrons. The van der Waals surface area contributed by atoms with Gasteiger partial charge in [-0.1, -0.05) is 44.2 Å². The molecule has 0 spiro atoms. The van der Waals surface area contributed by atoms with Gasteiger partial charge in [-0.05, 0) is 50.8 Å². The second-order valence-corrected chi connectivity index (χ2v) is 9.21. The van der Waals surface area contributed by atoms with Crippen LogP contribution < -0.4 is 11.4 Å². The fourth-order valence-electron chi connectivity index (χ4n) is 5.78. The number of para-hydroxylation sites is 2. The van der Waals surface area contributed by atoms with E-state index in [9.17, 15) is 4.79 Å². The lowest BCUT2D eigenvalue weighted by Crippen LogP contribution is -2.47. The van der Waals surface area contributed by atoms with Crippen molar-refractivity contribution < 1.29 is 0 Å². The minimum Gasteiger partial charge on any atom is -0.330 e. The summed E-state index contributed by atoms with van der Waals surface area (Å²) in [6.07, 6.45) is 10.8. The smallest absolute Gasteiger partial charge is 0.329 e. The van der Waals surface area contributed by atoms with Gasteiger partial charge >= 0.3 is 5.69 Å². The first-order valence-electron chi connectivity index (χ1n) is 11.8. The Kier molecular flexibility index (Phi) is 6.76. The first kappa shape index (κ1) is 20.7. The molecule has 5 heteroatoms. The number of hydrogen-bond acceptors (Lipinski definition) is 3. The molecule has 2 heterocycles. The summed E-state index contributed by atoms with van der Waals surface area (Å²) in [6, 6.07) is 8.43. The van der Waals surface area contributed by atoms with Gasteiger partial charge in [0.15, 0.2) is 0 Å². The number of piperidine rings is 1. The quantitative estimate of drug-likeness (QED) is 0.828. The molecule has 2 aliphatic rings. The highest BCUT2D eigenvalue weighted by molar-refractivity contribution is 5.76. The molecule has 2 atom stereocenters. The molecule has 1 aromatic carbocycles. The second-order valence-electron chi connectivity index (χ2n) is 9.21. The molecule has 0 amide bonds. The zero-order valence-corrected chi connectivity index (χ0v) is 18.1. The van der Waals surface area contributed by atoms with Gasteiger partial charge < -0.3 is 10.6 Å². The number of aryl methyl sites for hydroxylation is 1. The van der Waals surface area contributed by atoms with Gasteiger partial charge in [0.05, 0.1) is 11.0 Å². The fourth-order valence-corrected chi connectivity index (χ4v) is 5.78. The van der Waals surface area contributed by atoms with E-state index < -0.39 is 0 Å². The van der Waals surface area contributed by atoms with Crippen molar-refractivity contribution in [2.75, 3.05) is 26.2 Å². The number of fused-ring (bicyclic) bond motifs is 1. The topological polar surface area (TPSA) is 56.2 Å². The molecule has 4 rings (SSSR count). The largest absolute Gasteiger partial charge is 0.330 e. The van der Waals surface area contributed by atoms with Crippen LogP contribution in [0.4, 0.5) is 0 Å². The average molecular weight is 399 g/mol. The fraction of sp³-hybridized carbons (Fsp3) is 0.708. The molecule has 5 nitrogen and oxygen atoms in total. The molecule has 1 saturated carbocycles. The molecular weight excluding hydrogens is 360 g/mol. The number of rotatable bonds is 5. The Labute approximate surface area is 174 Å². The Morgan fingerprint density at radius 1 is 1.00 bits per heavy atom. The van der Waals surface area contributed by atoms with E-state index in [0.717, 1.165) is 36.5 Å². The van der Waals surface area contributed by atoms with Crippen LogP contribution >= 0.6 is 0 Å². The van der Waals surface area contributed by atoms with E-state index in [4.69, 9.17) is 5.73 Å². The molecule has 1 aliphatic heterocycles. The standard InChI is InChI=1S/C24H38N4O/c1-2-27-22-12-8-9-13-23(22)28(24(27)29)21-14-15-26(18-20(21)16-25)17-19-10-6-4-3-5-7-11-19/h8-9,12-13,19-21H,2-7,10-11,14-18,25H2,1H3/t20-,21-/m0/s1. The van der Waals surface area contributed by atoms with E-state index in [2.05, 4.69) is 28.5 Å². The Bertz CT molecular complexity index is 846. The molecule has 1 saturated heterocycles. The number of nitrogens with zero attached hydrogens (tertiary/aromatic N) is 3. The third-order valence-electron chi connectivity index (χ3n) is 7.34. The number of likely N-dealkylation sites (tertiary alicyclic amines) is 1. The molecule has 0 radical (unpaired) electrons. The zero-order valence-electron chi connectivity index (χ0n) is 18.1. The summed E-state index contributed by atoms with van der Waals surface area (Å²) in [5.41, 5.74) is 8.50. The molecule has 0 bridgehead atoms. The second kappa shape index (κ2) is 9.48. The van der Waals surface area contributed by atoms with Crippen molar-refractivity contribution >= 4 is 11.0 Å². The lowest BCUT2D eigenvalue weighted by Gasteiger charge is -2.40. The Hall–Kier alpha value is -1.59. The highest BCUT2D eigenvalue weighted by atomic mass is 16.1. The number of benzene rings is 1. The minimum absolute atomic E-state index is 0.130. The summed E-state index contributed by atoms with van der Waals surface area (Å²) in [4.78, 5) is 15.9. The van der Waals surface area contributed by atoms with Crippen molar-refractivity contribution in [3.05, 3.63) is 34.7 Å².